The Balaban J connectivity index is 2.35. The van der Waals surface area contributed by atoms with Crippen molar-refractivity contribution in [2.45, 2.75) is 51.8 Å². The number of nitrogens with one attached hydrogen (secondary N) is 2. The van der Waals surface area contributed by atoms with Crippen LogP contribution in [0.2, 0.25) is 0 Å². The smallest absolute Gasteiger partial charge is 0.339 e. The number of esters is 1. The number of ether oxygens (including phenoxy) is 1. The lowest BCUT2D eigenvalue weighted by Gasteiger charge is -2.18. The largest absolute Gasteiger partial charge is 0.465 e. The van der Waals surface area contributed by atoms with Crippen molar-refractivity contribution < 1.29 is 14.3 Å². The van der Waals surface area contributed by atoms with E-state index in [0.717, 1.165) is 22.8 Å². The molecule has 5 nitrogen and oxygen atoms in total. The van der Waals surface area contributed by atoms with E-state index in [1.807, 2.05) is 26.8 Å². The van der Waals surface area contributed by atoms with Crippen molar-refractivity contribution in [3.05, 3.63) is 51.4 Å². The fourth-order valence-electron chi connectivity index (χ4n) is 3.32. The molecule has 1 amide bonds. The molecule has 2 rings (SSSR count). The van der Waals surface area contributed by atoms with E-state index in [2.05, 4.69) is 23.6 Å². The molecular weight excluding hydrogens is 420 g/mol. The Morgan fingerprint density at radius 1 is 1.30 bits per heavy atom. The lowest BCUT2D eigenvalue weighted by molar-refractivity contribution is 0.0602. The molecule has 1 aromatic carbocycles. The molecule has 0 bridgehead atoms. The first-order valence-corrected chi connectivity index (χ1v) is 11.6. The van der Waals surface area contributed by atoms with Gasteiger partial charge in [-0.05, 0) is 38.8 Å². The van der Waals surface area contributed by atoms with Gasteiger partial charge in [-0.1, -0.05) is 43.7 Å². The number of carbonyl (C=O) groups excluding carboxylic acids is 2. The van der Waals surface area contributed by atoms with E-state index in [1.165, 1.54) is 7.11 Å². The topological polar surface area (TPSA) is 67.4 Å². The predicted molar refractivity (Wildman–Crippen MR) is 126 cm³/mol. The van der Waals surface area contributed by atoms with Gasteiger partial charge in [-0.3, -0.25) is 4.79 Å². The van der Waals surface area contributed by atoms with E-state index in [4.69, 9.17) is 16.3 Å². The molecule has 7 heteroatoms. The van der Waals surface area contributed by atoms with Gasteiger partial charge >= 0.3 is 5.97 Å². The summed E-state index contributed by atoms with van der Waals surface area (Å²) in [6.45, 7) is 8.53. The Bertz CT molecular complexity index is 838. The van der Waals surface area contributed by atoms with E-state index >= 15 is 0 Å². The molecule has 0 fully saturated rings. The summed E-state index contributed by atoms with van der Waals surface area (Å²) in [7, 11) is 1.33. The summed E-state index contributed by atoms with van der Waals surface area (Å²) in [5.74, 6) is -0.532. The molecule has 0 spiro atoms. The third-order valence-corrected chi connectivity index (χ3v) is 7.36. The minimum atomic E-state index is -0.493. The second-order valence-electron chi connectivity index (χ2n) is 7.24. The molecule has 1 aromatic rings. The van der Waals surface area contributed by atoms with Crippen molar-refractivity contribution in [2.24, 2.45) is 5.92 Å². The maximum absolute atomic E-state index is 12.8. The summed E-state index contributed by atoms with van der Waals surface area (Å²) in [4.78, 5) is 26.2. The predicted octanol–water partition coefficient (Wildman–Crippen LogP) is 5.58. The van der Waals surface area contributed by atoms with E-state index < -0.39 is 5.97 Å². The monoisotopic (exact) mass is 450 g/mol. The molecule has 0 radical (unpaired) electrons. The number of thioether (sulfide) groups is 1. The molecule has 1 aliphatic heterocycles. The highest BCUT2D eigenvalue weighted by molar-refractivity contribution is 8.04. The third-order valence-electron chi connectivity index (χ3n) is 5.19. The van der Waals surface area contributed by atoms with Gasteiger partial charge in [0.15, 0.2) is 0 Å². The van der Waals surface area contributed by atoms with Gasteiger partial charge < -0.3 is 15.4 Å². The van der Waals surface area contributed by atoms with Gasteiger partial charge in [0, 0.05) is 33.7 Å². The van der Waals surface area contributed by atoms with E-state index in [1.54, 1.807) is 30.0 Å². The van der Waals surface area contributed by atoms with Gasteiger partial charge in [-0.2, -0.15) is 0 Å². The van der Waals surface area contributed by atoms with Crippen LogP contribution < -0.4 is 10.6 Å². The Morgan fingerprint density at radius 2 is 2.00 bits per heavy atom. The number of anilines is 1. The summed E-state index contributed by atoms with van der Waals surface area (Å²) >= 11 is 8.43. The van der Waals surface area contributed by atoms with Gasteiger partial charge in [0.1, 0.15) is 0 Å². The zero-order valence-corrected chi connectivity index (χ0v) is 19.8. The van der Waals surface area contributed by atoms with Gasteiger partial charge in [0.25, 0.3) is 5.91 Å². The van der Waals surface area contributed by atoms with Crippen molar-refractivity contribution in [1.82, 2.24) is 5.32 Å². The summed E-state index contributed by atoms with van der Waals surface area (Å²) in [5, 5.41) is 7.47. The number of methoxy groups -OCH3 is 1. The molecule has 0 aliphatic carbocycles. The first kappa shape index (κ1) is 24.4. The van der Waals surface area contributed by atoms with Crippen molar-refractivity contribution in [2.75, 3.05) is 19.0 Å². The van der Waals surface area contributed by atoms with Crippen LogP contribution in [0.4, 0.5) is 5.69 Å². The van der Waals surface area contributed by atoms with E-state index in [9.17, 15) is 9.59 Å². The van der Waals surface area contributed by atoms with Crippen LogP contribution in [-0.4, -0.2) is 36.8 Å². The zero-order valence-electron chi connectivity index (χ0n) is 18.3. The molecule has 1 aliphatic rings. The van der Waals surface area contributed by atoms with Crippen LogP contribution in [-0.2, 0) is 4.74 Å². The number of hydrogen-bond acceptors (Lipinski definition) is 5. The van der Waals surface area contributed by atoms with Gasteiger partial charge in [0.05, 0.1) is 23.9 Å². The highest BCUT2D eigenvalue weighted by atomic mass is 35.5. The van der Waals surface area contributed by atoms with E-state index in [-0.39, 0.29) is 17.9 Å². The molecule has 0 saturated heterocycles. The number of amides is 1. The first-order valence-electron chi connectivity index (χ1n) is 10.3. The highest BCUT2D eigenvalue weighted by Gasteiger charge is 2.32. The second kappa shape index (κ2) is 11.5. The summed E-state index contributed by atoms with van der Waals surface area (Å²) in [5.41, 5.74) is 1.20. The van der Waals surface area contributed by atoms with E-state index in [0.29, 0.717) is 28.6 Å². The SMILES string of the molecule is CC=CC1C(Cl)=C(CNc2c(C(=O)NC(C)CC)cccc2C(=O)OC)SC1CC. The summed E-state index contributed by atoms with van der Waals surface area (Å²) in [6.07, 6.45) is 5.97. The molecule has 1 heterocycles. The second-order valence-corrected chi connectivity index (χ2v) is 8.98. The molecular formula is C23H31ClN2O3S. The number of para-hydroxylation sites is 1. The van der Waals surface area contributed by atoms with Crippen LogP contribution >= 0.6 is 23.4 Å². The maximum atomic E-state index is 12.8. The Kier molecular flexibility index (Phi) is 9.31. The Labute approximate surface area is 188 Å². The Hall–Kier alpha value is -1.92. The number of allylic oxidation sites excluding steroid dienone is 3. The number of rotatable bonds is 9. The summed E-state index contributed by atoms with van der Waals surface area (Å²) in [6, 6.07) is 5.08. The lowest BCUT2D eigenvalue weighted by atomic mass is 10.0. The van der Waals surface area contributed by atoms with Crippen molar-refractivity contribution in [3.63, 3.8) is 0 Å². The van der Waals surface area contributed by atoms with Gasteiger partial charge in [-0.25, -0.2) is 4.79 Å². The van der Waals surface area contributed by atoms with Crippen LogP contribution in [0.25, 0.3) is 0 Å². The van der Waals surface area contributed by atoms with Crippen LogP contribution in [0, 0.1) is 5.92 Å². The van der Waals surface area contributed by atoms with Gasteiger partial charge in [0.2, 0.25) is 0 Å². The third kappa shape index (κ3) is 5.61. The average molecular weight is 451 g/mol. The minimum absolute atomic E-state index is 0.0292. The fraction of sp³-hybridized carbons (Fsp3) is 0.478. The van der Waals surface area contributed by atoms with Crippen molar-refractivity contribution in [3.8, 4) is 0 Å². The first-order chi connectivity index (χ1) is 14.4. The fourth-order valence-corrected chi connectivity index (χ4v) is 5.13. The van der Waals surface area contributed by atoms with Gasteiger partial charge in [-0.15, -0.1) is 11.8 Å². The molecule has 3 unspecified atom stereocenters. The molecule has 30 heavy (non-hydrogen) atoms. The average Bonchev–Trinajstić information content (AvgIpc) is 3.06. The van der Waals surface area contributed by atoms with Crippen LogP contribution in [0.3, 0.4) is 0 Å². The Morgan fingerprint density at radius 3 is 2.60 bits per heavy atom. The van der Waals surface area contributed by atoms with Crippen molar-refractivity contribution >= 4 is 40.9 Å². The molecule has 164 valence electrons. The maximum Gasteiger partial charge on any atom is 0.339 e. The zero-order chi connectivity index (χ0) is 22.3. The molecule has 0 aromatic heterocycles. The number of carbonyl (C=O) groups is 2. The highest BCUT2D eigenvalue weighted by Crippen LogP contribution is 2.46. The van der Waals surface area contributed by atoms with Crippen LogP contribution in [0.15, 0.2) is 40.3 Å². The van der Waals surface area contributed by atoms with Crippen molar-refractivity contribution in [1.29, 1.82) is 0 Å². The number of benzene rings is 1. The molecule has 2 N–H and O–H groups in total. The lowest BCUT2D eigenvalue weighted by Crippen LogP contribution is -2.32. The van der Waals surface area contributed by atoms with Crippen LogP contribution in [0.5, 0.6) is 0 Å². The number of halogens is 1. The minimum Gasteiger partial charge on any atom is -0.465 e. The molecule has 0 saturated carbocycles. The summed E-state index contributed by atoms with van der Waals surface area (Å²) < 4.78 is 4.93. The number of hydrogen-bond donors (Lipinski definition) is 2. The van der Waals surface area contributed by atoms with Crippen LogP contribution in [0.1, 0.15) is 61.3 Å². The quantitative estimate of drug-likeness (QED) is 0.379. The molecule has 3 atom stereocenters. The standard InChI is InChI=1S/C23H31ClN2O3S/c1-6-10-15-18(8-3)30-19(20(15)24)13-25-21-16(22(27)26-14(4)7-2)11-9-12-17(21)23(28)29-5/h6,9-12,14-15,18,25H,7-8,13H2,1-5H3,(H,26,27). The normalized spacial score (nSPS) is 19.8.